The van der Waals surface area contributed by atoms with Gasteiger partial charge in [0.05, 0.1) is 26.4 Å². The van der Waals surface area contributed by atoms with Gasteiger partial charge < -0.3 is 23.8 Å². The SMILES string of the molecule is COCCOc1cccc(F)c1N1C=CC=CC(C(=O)OC)=C1C(=O)OC. The lowest BCUT2D eigenvalue weighted by molar-refractivity contribution is -0.139. The van der Waals surface area contributed by atoms with Crippen LogP contribution in [0.1, 0.15) is 0 Å². The molecule has 144 valence electrons. The van der Waals surface area contributed by atoms with Gasteiger partial charge in [-0.1, -0.05) is 12.1 Å². The van der Waals surface area contributed by atoms with Gasteiger partial charge in [0.15, 0.2) is 5.82 Å². The third kappa shape index (κ3) is 4.53. The number of anilines is 1. The number of hydrogen-bond donors (Lipinski definition) is 0. The van der Waals surface area contributed by atoms with Gasteiger partial charge in [-0.25, -0.2) is 14.0 Å². The highest BCUT2D eigenvalue weighted by Crippen LogP contribution is 2.36. The average Bonchev–Trinajstić information content (AvgIpc) is 2.90. The number of carbonyl (C=O) groups excluding carboxylic acids is 2. The maximum absolute atomic E-state index is 14.7. The van der Waals surface area contributed by atoms with E-state index in [2.05, 4.69) is 0 Å². The summed E-state index contributed by atoms with van der Waals surface area (Å²) in [7, 11) is 3.86. The summed E-state index contributed by atoms with van der Waals surface area (Å²) < 4.78 is 34.8. The van der Waals surface area contributed by atoms with Gasteiger partial charge in [0.1, 0.15) is 23.7 Å². The van der Waals surface area contributed by atoms with E-state index in [1.54, 1.807) is 12.1 Å². The summed E-state index contributed by atoms with van der Waals surface area (Å²) in [4.78, 5) is 25.8. The molecule has 0 aromatic heterocycles. The number of halogens is 1. The van der Waals surface area contributed by atoms with Gasteiger partial charge in [-0.3, -0.25) is 0 Å². The molecule has 0 N–H and O–H groups in total. The fraction of sp³-hybridized carbons (Fsp3) is 0.263. The molecule has 0 saturated carbocycles. The first kappa shape index (κ1) is 20.2. The molecular weight excluding hydrogens is 357 g/mol. The van der Waals surface area contributed by atoms with Crippen molar-refractivity contribution in [3.8, 4) is 5.75 Å². The average molecular weight is 377 g/mol. The van der Waals surface area contributed by atoms with Crippen LogP contribution in [0, 0.1) is 5.82 Å². The normalized spacial score (nSPS) is 13.4. The minimum absolute atomic E-state index is 0.0460. The second-order valence-corrected chi connectivity index (χ2v) is 5.24. The lowest BCUT2D eigenvalue weighted by Gasteiger charge is -2.25. The van der Waals surface area contributed by atoms with E-state index < -0.39 is 17.8 Å². The number of nitrogens with zero attached hydrogens (tertiary/aromatic N) is 1. The van der Waals surface area contributed by atoms with E-state index in [1.807, 2.05) is 0 Å². The molecule has 0 aliphatic carbocycles. The van der Waals surface area contributed by atoms with Crippen molar-refractivity contribution in [3.05, 3.63) is 59.7 Å². The van der Waals surface area contributed by atoms with Crippen LogP contribution in [0.2, 0.25) is 0 Å². The van der Waals surface area contributed by atoms with Gasteiger partial charge >= 0.3 is 11.9 Å². The van der Waals surface area contributed by atoms with Crippen molar-refractivity contribution in [2.45, 2.75) is 0 Å². The Morgan fingerprint density at radius 3 is 2.44 bits per heavy atom. The number of hydrogen-bond acceptors (Lipinski definition) is 7. The molecule has 0 spiro atoms. The van der Waals surface area contributed by atoms with E-state index in [1.165, 1.54) is 49.6 Å². The third-order valence-electron chi connectivity index (χ3n) is 3.62. The quantitative estimate of drug-likeness (QED) is 0.533. The van der Waals surface area contributed by atoms with E-state index in [0.29, 0.717) is 6.61 Å². The van der Waals surface area contributed by atoms with Gasteiger partial charge in [0.2, 0.25) is 0 Å². The van der Waals surface area contributed by atoms with Gasteiger partial charge in [0, 0.05) is 13.3 Å². The van der Waals surface area contributed by atoms with Crippen LogP contribution in [-0.4, -0.2) is 46.5 Å². The molecule has 0 fully saturated rings. The van der Waals surface area contributed by atoms with Crippen LogP contribution in [0.25, 0.3) is 0 Å². The molecule has 1 aromatic rings. The summed E-state index contributed by atoms with van der Waals surface area (Å²) in [5.74, 6) is -2.08. The predicted molar refractivity (Wildman–Crippen MR) is 95.6 cm³/mol. The van der Waals surface area contributed by atoms with Crippen LogP contribution in [0.15, 0.2) is 53.9 Å². The first-order valence-electron chi connectivity index (χ1n) is 8.00. The fourth-order valence-corrected chi connectivity index (χ4v) is 2.42. The Kier molecular flexibility index (Phi) is 7.13. The zero-order valence-corrected chi connectivity index (χ0v) is 15.2. The highest BCUT2D eigenvalue weighted by Gasteiger charge is 2.30. The van der Waals surface area contributed by atoms with Gasteiger partial charge in [0.25, 0.3) is 0 Å². The maximum Gasteiger partial charge on any atom is 0.355 e. The van der Waals surface area contributed by atoms with Crippen molar-refractivity contribution in [3.63, 3.8) is 0 Å². The highest BCUT2D eigenvalue weighted by atomic mass is 19.1. The zero-order chi connectivity index (χ0) is 19.8. The Bertz CT molecular complexity index is 799. The lowest BCUT2D eigenvalue weighted by Crippen LogP contribution is -2.28. The molecule has 0 unspecified atom stereocenters. The Balaban J connectivity index is 2.64. The number of esters is 2. The predicted octanol–water partition coefficient (Wildman–Crippen LogP) is 2.34. The molecule has 0 atom stereocenters. The van der Waals surface area contributed by atoms with E-state index in [4.69, 9.17) is 18.9 Å². The number of para-hydroxylation sites is 1. The molecule has 1 aromatic carbocycles. The van der Waals surface area contributed by atoms with Crippen LogP contribution >= 0.6 is 0 Å². The number of carbonyl (C=O) groups is 2. The molecule has 0 saturated heterocycles. The summed E-state index contributed by atoms with van der Waals surface area (Å²) in [6.45, 7) is 0.463. The van der Waals surface area contributed by atoms with Crippen LogP contribution < -0.4 is 9.64 Å². The molecule has 0 bridgehead atoms. The maximum atomic E-state index is 14.7. The first-order chi connectivity index (χ1) is 13.0. The van der Waals surface area contributed by atoms with E-state index in [-0.39, 0.29) is 29.3 Å². The summed E-state index contributed by atoms with van der Waals surface area (Å²) >= 11 is 0. The smallest absolute Gasteiger partial charge is 0.355 e. The zero-order valence-electron chi connectivity index (χ0n) is 15.2. The highest BCUT2D eigenvalue weighted by molar-refractivity contribution is 6.05. The first-order valence-corrected chi connectivity index (χ1v) is 8.00. The Labute approximate surface area is 156 Å². The molecule has 1 heterocycles. The van der Waals surface area contributed by atoms with Gasteiger partial charge in [-0.2, -0.15) is 0 Å². The number of allylic oxidation sites excluding steroid dienone is 2. The molecule has 8 heteroatoms. The van der Waals surface area contributed by atoms with Crippen LogP contribution in [0.5, 0.6) is 5.75 Å². The minimum atomic E-state index is -0.835. The van der Waals surface area contributed by atoms with Gasteiger partial charge in [-0.15, -0.1) is 0 Å². The van der Waals surface area contributed by atoms with Crippen molar-refractivity contribution in [1.82, 2.24) is 0 Å². The number of ether oxygens (including phenoxy) is 4. The minimum Gasteiger partial charge on any atom is -0.489 e. The summed E-state index contributed by atoms with van der Waals surface area (Å²) in [5.41, 5.74) is -0.327. The second kappa shape index (κ2) is 9.54. The monoisotopic (exact) mass is 377 g/mol. The van der Waals surface area contributed by atoms with Crippen molar-refractivity contribution >= 4 is 17.6 Å². The lowest BCUT2D eigenvalue weighted by atomic mass is 10.1. The molecule has 0 amide bonds. The Morgan fingerprint density at radius 1 is 1.04 bits per heavy atom. The third-order valence-corrected chi connectivity index (χ3v) is 3.62. The Morgan fingerprint density at radius 2 is 1.78 bits per heavy atom. The molecule has 7 nitrogen and oxygen atoms in total. The number of rotatable bonds is 7. The van der Waals surface area contributed by atoms with Crippen LogP contribution in [-0.2, 0) is 23.8 Å². The topological polar surface area (TPSA) is 74.3 Å². The fourth-order valence-electron chi connectivity index (χ4n) is 2.42. The van der Waals surface area contributed by atoms with Crippen molar-refractivity contribution in [2.75, 3.05) is 39.4 Å². The molecule has 2 rings (SSSR count). The van der Waals surface area contributed by atoms with Crippen molar-refractivity contribution < 1.29 is 32.9 Å². The Hall–Kier alpha value is -3.13. The molecule has 0 radical (unpaired) electrons. The molecule has 1 aliphatic heterocycles. The number of benzene rings is 1. The summed E-state index contributed by atoms with van der Waals surface area (Å²) in [6, 6.07) is 4.24. The van der Waals surface area contributed by atoms with Gasteiger partial charge in [-0.05, 0) is 24.3 Å². The van der Waals surface area contributed by atoms with E-state index >= 15 is 0 Å². The molecular formula is C19H20FNO6. The molecule has 1 aliphatic rings. The molecule has 27 heavy (non-hydrogen) atoms. The van der Waals surface area contributed by atoms with Crippen LogP contribution in [0.4, 0.5) is 10.1 Å². The number of methoxy groups -OCH3 is 3. The standard InChI is InChI=1S/C19H20FNO6/c1-24-11-12-27-15-9-6-8-14(20)17(15)21-10-5-4-7-13(18(22)25-2)16(21)19(23)26-3/h4-10H,11-12H2,1-3H3. The largest absolute Gasteiger partial charge is 0.489 e. The summed E-state index contributed by atoms with van der Waals surface area (Å²) in [6.07, 6.45) is 5.90. The van der Waals surface area contributed by atoms with Crippen LogP contribution in [0.3, 0.4) is 0 Å². The summed E-state index contributed by atoms with van der Waals surface area (Å²) in [5, 5.41) is 0. The van der Waals surface area contributed by atoms with Crippen molar-refractivity contribution in [2.24, 2.45) is 0 Å². The van der Waals surface area contributed by atoms with Crippen molar-refractivity contribution in [1.29, 1.82) is 0 Å². The van der Waals surface area contributed by atoms with E-state index in [9.17, 15) is 14.0 Å². The van der Waals surface area contributed by atoms with E-state index in [0.717, 1.165) is 7.11 Å². The second-order valence-electron chi connectivity index (χ2n) is 5.24.